The summed E-state index contributed by atoms with van der Waals surface area (Å²) in [6, 6.07) is 0. The molecule has 2 rings (SSSR count). The second-order valence-electron chi connectivity index (χ2n) is 2.92. The van der Waals surface area contributed by atoms with Crippen LogP contribution in [0.5, 0.6) is 0 Å². The van der Waals surface area contributed by atoms with Crippen LogP contribution in [-0.4, -0.2) is 5.67 Å². The standard InChI is InChI=1S/C7H10F/c8-7(4-5-7)6-2-1-3-6/h1-5H2. The Morgan fingerprint density at radius 2 is 1.88 bits per heavy atom. The number of rotatable bonds is 1. The van der Waals surface area contributed by atoms with Crippen LogP contribution in [-0.2, 0) is 0 Å². The number of alkyl halides is 1. The molecule has 0 bridgehead atoms. The first-order valence-electron chi connectivity index (χ1n) is 3.35. The van der Waals surface area contributed by atoms with E-state index in [-0.39, 0.29) is 0 Å². The summed E-state index contributed by atoms with van der Waals surface area (Å²) in [5.41, 5.74) is -0.738. The van der Waals surface area contributed by atoms with Crippen LogP contribution in [0.3, 0.4) is 0 Å². The van der Waals surface area contributed by atoms with Crippen molar-refractivity contribution in [3.05, 3.63) is 5.92 Å². The molecule has 2 aliphatic carbocycles. The van der Waals surface area contributed by atoms with Crippen LogP contribution in [0.4, 0.5) is 4.39 Å². The fourth-order valence-electron chi connectivity index (χ4n) is 1.26. The van der Waals surface area contributed by atoms with Crippen LogP contribution in [0, 0.1) is 5.92 Å². The Hall–Kier alpha value is -0.0700. The summed E-state index contributed by atoms with van der Waals surface area (Å²) in [4.78, 5) is 0. The van der Waals surface area contributed by atoms with E-state index in [1.165, 1.54) is 12.3 Å². The van der Waals surface area contributed by atoms with Crippen molar-refractivity contribution in [1.29, 1.82) is 0 Å². The van der Waals surface area contributed by atoms with E-state index in [1.807, 2.05) is 0 Å². The quantitative estimate of drug-likeness (QED) is 0.489. The van der Waals surface area contributed by atoms with E-state index in [2.05, 4.69) is 0 Å². The van der Waals surface area contributed by atoms with Crippen molar-refractivity contribution in [2.45, 2.75) is 37.8 Å². The minimum Gasteiger partial charge on any atom is -0.243 e. The van der Waals surface area contributed by atoms with Gasteiger partial charge in [-0.05, 0) is 25.7 Å². The van der Waals surface area contributed by atoms with Gasteiger partial charge in [0.2, 0.25) is 0 Å². The highest BCUT2D eigenvalue weighted by Crippen LogP contribution is 2.55. The Morgan fingerprint density at radius 1 is 1.25 bits per heavy atom. The third-order valence-corrected chi connectivity index (χ3v) is 2.28. The molecule has 0 amide bonds. The molecule has 0 nitrogen and oxygen atoms in total. The Balaban J connectivity index is 1.95. The Labute approximate surface area is 49.1 Å². The first-order valence-corrected chi connectivity index (χ1v) is 3.35. The van der Waals surface area contributed by atoms with Gasteiger partial charge in [-0.2, -0.15) is 0 Å². The summed E-state index contributed by atoms with van der Waals surface area (Å²) in [5.74, 6) is 1.21. The van der Waals surface area contributed by atoms with Crippen molar-refractivity contribution >= 4 is 0 Å². The smallest absolute Gasteiger partial charge is 0.117 e. The maximum Gasteiger partial charge on any atom is 0.117 e. The monoisotopic (exact) mass is 113 g/mol. The maximum absolute atomic E-state index is 12.9. The molecular formula is C7H10F. The summed E-state index contributed by atoms with van der Waals surface area (Å²) in [5, 5.41) is 0. The normalized spacial score (nSPS) is 34.1. The largest absolute Gasteiger partial charge is 0.243 e. The van der Waals surface area contributed by atoms with Crippen LogP contribution in [0.2, 0.25) is 0 Å². The molecule has 0 unspecified atom stereocenters. The molecule has 2 saturated carbocycles. The van der Waals surface area contributed by atoms with Crippen molar-refractivity contribution in [1.82, 2.24) is 0 Å². The first kappa shape index (κ1) is 4.78. The molecule has 0 heterocycles. The fraction of sp³-hybridized carbons (Fsp3) is 0.857. The van der Waals surface area contributed by atoms with Crippen molar-refractivity contribution in [3.63, 3.8) is 0 Å². The van der Waals surface area contributed by atoms with Gasteiger partial charge >= 0.3 is 0 Å². The van der Waals surface area contributed by atoms with E-state index in [0.717, 1.165) is 25.7 Å². The van der Waals surface area contributed by atoms with E-state index in [4.69, 9.17) is 0 Å². The molecular weight excluding hydrogens is 103 g/mol. The van der Waals surface area contributed by atoms with Crippen molar-refractivity contribution in [2.75, 3.05) is 0 Å². The molecule has 0 spiro atoms. The predicted molar refractivity (Wildman–Crippen MR) is 30.2 cm³/mol. The molecule has 0 aliphatic heterocycles. The third kappa shape index (κ3) is 0.503. The van der Waals surface area contributed by atoms with Crippen molar-refractivity contribution in [2.24, 2.45) is 0 Å². The molecule has 2 fully saturated rings. The second-order valence-corrected chi connectivity index (χ2v) is 2.92. The lowest BCUT2D eigenvalue weighted by molar-refractivity contribution is 0.264. The van der Waals surface area contributed by atoms with Gasteiger partial charge in [0.1, 0.15) is 5.67 Å². The Kier molecular flexibility index (Phi) is 0.750. The van der Waals surface area contributed by atoms with E-state index < -0.39 is 5.67 Å². The zero-order valence-electron chi connectivity index (χ0n) is 4.91. The van der Waals surface area contributed by atoms with Crippen molar-refractivity contribution in [3.8, 4) is 0 Å². The van der Waals surface area contributed by atoms with Gasteiger partial charge in [0, 0.05) is 5.92 Å². The van der Waals surface area contributed by atoms with Crippen LogP contribution in [0.1, 0.15) is 32.1 Å². The van der Waals surface area contributed by atoms with E-state index in [9.17, 15) is 4.39 Å². The highest BCUT2D eigenvalue weighted by atomic mass is 19.1. The fourth-order valence-corrected chi connectivity index (χ4v) is 1.26. The van der Waals surface area contributed by atoms with Gasteiger partial charge in [0.25, 0.3) is 0 Å². The van der Waals surface area contributed by atoms with Gasteiger partial charge in [0.15, 0.2) is 0 Å². The van der Waals surface area contributed by atoms with Crippen LogP contribution in [0.25, 0.3) is 0 Å². The minimum absolute atomic E-state index is 0.738. The molecule has 0 aromatic carbocycles. The molecule has 0 atom stereocenters. The predicted octanol–water partition coefficient (Wildman–Crippen LogP) is 2.25. The van der Waals surface area contributed by atoms with Crippen LogP contribution < -0.4 is 0 Å². The molecule has 0 saturated heterocycles. The molecule has 2 aliphatic rings. The minimum atomic E-state index is -0.738. The SMILES string of the molecule is FC1([C]2CCC2)CC1. The highest BCUT2D eigenvalue weighted by Gasteiger charge is 2.52. The summed E-state index contributed by atoms with van der Waals surface area (Å²) >= 11 is 0. The lowest BCUT2D eigenvalue weighted by atomic mass is 9.80. The van der Waals surface area contributed by atoms with Crippen molar-refractivity contribution < 1.29 is 4.39 Å². The third-order valence-electron chi connectivity index (χ3n) is 2.28. The van der Waals surface area contributed by atoms with E-state index in [0.29, 0.717) is 0 Å². The zero-order valence-corrected chi connectivity index (χ0v) is 4.91. The van der Waals surface area contributed by atoms with Gasteiger partial charge in [-0.3, -0.25) is 0 Å². The number of hydrogen-bond donors (Lipinski definition) is 0. The zero-order chi connectivity index (χ0) is 5.61. The van der Waals surface area contributed by atoms with Gasteiger partial charge in [-0.15, -0.1) is 0 Å². The molecule has 1 heteroatoms. The Bertz CT molecular complexity index is 101. The van der Waals surface area contributed by atoms with E-state index >= 15 is 0 Å². The van der Waals surface area contributed by atoms with Gasteiger partial charge in [-0.1, -0.05) is 6.42 Å². The first-order chi connectivity index (χ1) is 3.81. The summed E-state index contributed by atoms with van der Waals surface area (Å²) in [6.45, 7) is 0. The summed E-state index contributed by atoms with van der Waals surface area (Å²) in [7, 11) is 0. The second kappa shape index (κ2) is 1.26. The number of halogens is 1. The average molecular weight is 113 g/mol. The molecule has 0 aromatic heterocycles. The van der Waals surface area contributed by atoms with Gasteiger partial charge in [-0.25, -0.2) is 4.39 Å². The lowest BCUT2D eigenvalue weighted by Gasteiger charge is -2.27. The molecule has 45 valence electrons. The summed E-state index contributed by atoms with van der Waals surface area (Å²) < 4.78 is 12.9. The molecule has 0 aromatic rings. The van der Waals surface area contributed by atoms with Gasteiger partial charge < -0.3 is 0 Å². The maximum atomic E-state index is 12.9. The number of hydrogen-bond acceptors (Lipinski definition) is 0. The molecule has 0 N–H and O–H groups in total. The highest BCUT2D eigenvalue weighted by molar-refractivity contribution is 5.21. The average Bonchev–Trinajstić information content (AvgIpc) is 2.12. The molecule has 1 radical (unpaired) electrons. The molecule has 8 heavy (non-hydrogen) atoms. The lowest BCUT2D eigenvalue weighted by Crippen LogP contribution is -2.21. The summed E-state index contributed by atoms with van der Waals surface area (Å²) in [6.07, 6.45) is 5.04. The Morgan fingerprint density at radius 3 is 2.00 bits per heavy atom. The van der Waals surface area contributed by atoms with Crippen LogP contribution >= 0.6 is 0 Å². The van der Waals surface area contributed by atoms with E-state index in [1.54, 1.807) is 0 Å². The van der Waals surface area contributed by atoms with Crippen LogP contribution in [0.15, 0.2) is 0 Å². The topological polar surface area (TPSA) is 0 Å². The van der Waals surface area contributed by atoms with Gasteiger partial charge in [0.05, 0.1) is 0 Å².